The van der Waals surface area contributed by atoms with Crippen LogP contribution in [0.2, 0.25) is 0 Å². The lowest BCUT2D eigenvalue weighted by Crippen LogP contribution is -2.17. The molecule has 0 spiro atoms. The maximum atomic E-state index is 10.7. The standard InChI is InChI=1S/C12H13NO2/c1-3-7-13(2)9-10-5-4-6-11(8-10)12(14)15/h1,4-6,8H,7,9H2,2H3,(H,14,15). The van der Waals surface area contributed by atoms with Gasteiger partial charge in [0.15, 0.2) is 0 Å². The quantitative estimate of drug-likeness (QED) is 0.753. The molecule has 1 aromatic rings. The Bertz CT molecular complexity index is 393. The molecule has 0 aliphatic rings. The first-order chi connectivity index (χ1) is 7.13. The molecule has 0 atom stereocenters. The summed E-state index contributed by atoms with van der Waals surface area (Å²) in [6, 6.07) is 6.87. The van der Waals surface area contributed by atoms with Crippen LogP contribution in [0, 0.1) is 12.3 Å². The van der Waals surface area contributed by atoms with Crippen LogP contribution in [0.5, 0.6) is 0 Å². The number of nitrogens with zero attached hydrogens (tertiary/aromatic N) is 1. The van der Waals surface area contributed by atoms with Crippen LogP contribution in [0.15, 0.2) is 24.3 Å². The van der Waals surface area contributed by atoms with Crippen LogP contribution in [0.1, 0.15) is 15.9 Å². The molecule has 0 amide bonds. The Morgan fingerprint density at radius 2 is 2.33 bits per heavy atom. The van der Waals surface area contributed by atoms with Gasteiger partial charge in [0, 0.05) is 6.54 Å². The molecule has 1 N–H and O–H groups in total. The Labute approximate surface area is 89.3 Å². The highest BCUT2D eigenvalue weighted by Crippen LogP contribution is 2.07. The number of carboxylic acids is 1. The first-order valence-electron chi connectivity index (χ1n) is 4.57. The van der Waals surface area contributed by atoms with E-state index in [9.17, 15) is 4.79 Å². The van der Waals surface area contributed by atoms with Gasteiger partial charge in [0.25, 0.3) is 0 Å². The maximum Gasteiger partial charge on any atom is 0.335 e. The predicted molar refractivity (Wildman–Crippen MR) is 58.6 cm³/mol. The van der Waals surface area contributed by atoms with Gasteiger partial charge < -0.3 is 5.11 Å². The molecule has 3 nitrogen and oxygen atoms in total. The molecule has 0 saturated carbocycles. The minimum atomic E-state index is -0.906. The number of hydrogen-bond acceptors (Lipinski definition) is 2. The van der Waals surface area contributed by atoms with Crippen molar-refractivity contribution in [1.82, 2.24) is 4.90 Å². The SMILES string of the molecule is C#CCN(C)Cc1cccc(C(=O)O)c1. The first kappa shape index (κ1) is 11.3. The molecule has 0 aliphatic heterocycles. The molecule has 0 heterocycles. The van der Waals surface area contributed by atoms with Crippen molar-refractivity contribution in [2.45, 2.75) is 6.54 Å². The van der Waals surface area contributed by atoms with Crippen molar-refractivity contribution in [3.05, 3.63) is 35.4 Å². The Hall–Kier alpha value is -1.79. The monoisotopic (exact) mass is 203 g/mol. The predicted octanol–water partition coefficient (Wildman–Crippen LogP) is 1.45. The van der Waals surface area contributed by atoms with E-state index in [2.05, 4.69) is 5.92 Å². The van der Waals surface area contributed by atoms with E-state index < -0.39 is 5.97 Å². The number of rotatable bonds is 4. The summed E-state index contributed by atoms with van der Waals surface area (Å²) in [6.07, 6.45) is 5.18. The van der Waals surface area contributed by atoms with E-state index in [1.165, 1.54) is 0 Å². The highest BCUT2D eigenvalue weighted by Gasteiger charge is 2.04. The normalized spacial score (nSPS) is 9.93. The van der Waals surface area contributed by atoms with Gasteiger partial charge in [0.1, 0.15) is 0 Å². The number of carbonyl (C=O) groups is 1. The molecule has 1 aromatic carbocycles. The van der Waals surface area contributed by atoms with Crippen LogP contribution in [-0.2, 0) is 6.54 Å². The third kappa shape index (κ3) is 3.45. The first-order valence-corrected chi connectivity index (χ1v) is 4.57. The van der Waals surface area contributed by atoms with Gasteiger partial charge in [-0.15, -0.1) is 6.42 Å². The van der Waals surface area contributed by atoms with Crippen molar-refractivity contribution in [1.29, 1.82) is 0 Å². The zero-order valence-electron chi connectivity index (χ0n) is 8.60. The average Bonchev–Trinajstić information content (AvgIpc) is 2.18. The summed E-state index contributed by atoms with van der Waals surface area (Å²) in [5, 5.41) is 8.80. The minimum Gasteiger partial charge on any atom is -0.478 e. The van der Waals surface area contributed by atoms with Gasteiger partial charge in [-0.05, 0) is 24.7 Å². The lowest BCUT2D eigenvalue weighted by atomic mass is 10.1. The molecular weight excluding hydrogens is 190 g/mol. The van der Waals surface area contributed by atoms with E-state index in [1.807, 2.05) is 18.0 Å². The van der Waals surface area contributed by atoms with Crippen molar-refractivity contribution in [3.8, 4) is 12.3 Å². The van der Waals surface area contributed by atoms with Crippen LogP contribution < -0.4 is 0 Å². The van der Waals surface area contributed by atoms with E-state index >= 15 is 0 Å². The van der Waals surface area contributed by atoms with Gasteiger partial charge in [0.2, 0.25) is 0 Å². The van der Waals surface area contributed by atoms with Crippen LogP contribution >= 0.6 is 0 Å². The summed E-state index contributed by atoms with van der Waals surface area (Å²) in [5.41, 5.74) is 1.26. The summed E-state index contributed by atoms with van der Waals surface area (Å²) in [7, 11) is 1.90. The van der Waals surface area contributed by atoms with E-state index in [1.54, 1.807) is 18.2 Å². The van der Waals surface area contributed by atoms with Crippen LogP contribution in [0.25, 0.3) is 0 Å². The van der Waals surface area contributed by atoms with Gasteiger partial charge >= 0.3 is 5.97 Å². The zero-order chi connectivity index (χ0) is 11.3. The van der Waals surface area contributed by atoms with E-state index in [-0.39, 0.29) is 0 Å². The minimum absolute atomic E-state index is 0.307. The van der Waals surface area contributed by atoms with E-state index in [0.29, 0.717) is 18.7 Å². The number of benzene rings is 1. The number of carboxylic acid groups (broad SMARTS) is 1. The fourth-order valence-corrected chi connectivity index (χ4v) is 1.33. The van der Waals surface area contributed by atoms with Crippen LogP contribution in [0.3, 0.4) is 0 Å². The summed E-state index contributed by atoms with van der Waals surface area (Å²) in [6.45, 7) is 1.21. The lowest BCUT2D eigenvalue weighted by Gasteiger charge is -2.13. The molecule has 0 aromatic heterocycles. The van der Waals surface area contributed by atoms with Crippen molar-refractivity contribution >= 4 is 5.97 Å². The average molecular weight is 203 g/mol. The summed E-state index contributed by atoms with van der Waals surface area (Å²) >= 11 is 0. The van der Waals surface area contributed by atoms with Crippen molar-refractivity contribution in [2.75, 3.05) is 13.6 Å². The number of hydrogen-bond donors (Lipinski definition) is 1. The number of aromatic carboxylic acids is 1. The maximum absolute atomic E-state index is 10.7. The van der Waals surface area contributed by atoms with Gasteiger partial charge in [-0.2, -0.15) is 0 Å². The summed E-state index contributed by atoms with van der Waals surface area (Å²) < 4.78 is 0. The van der Waals surface area contributed by atoms with Gasteiger partial charge in [-0.25, -0.2) is 4.79 Å². The fourth-order valence-electron chi connectivity index (χ4n) is 1.33. The van der Waals surface area contributed by atoms with Gasteiger partial charge in [-0.3, -0.25) is 4.90 Å². The second-order valence-electron chi connectivity index (χ2n) is 3.38. The third-order valence-corrected chi connectivity index (χ3v) is 1.99. The molecule has 0 saturated heterocycles. The van der Waals surface area contributed by atoms with Crippen LogP contribution in [0.4, 0.5) is 0 Å². The zero-order valence-corrected chi connectivity index (χ0v) is 8.60. The topological polar surface area (TPSA) is 40.5 Å². The Kier molecular flexibility index (Phi) is 3.90. The summed E-state index contributed by atoms with van der Waals surface area (Å²) in [5.74, 6) is 1.63. The highest BCUT2D eigenvalue weighted by molar-refractivity contribution is 5.87. The largest absolute Gasteiger partial charge is 0.478 e. The highest BCUT2D eigenvalue weighted by atomic mass is 16.4. The molecule has 78 valence electrons. The van der Waals surface area contributed by atoms with Crippen LogP contribution in [-0.4, -0.2) is 29.6 Å². The van der Waals surface area contributed by atoms with Gasteiger partial charge in [0.05, 0.1) is 12.1 Å². The Morgan fingerprint density at radius 3 is 2.93 bits per heavy atom. The molecule has 0 fully saturated rings. The molecule has 0 bridgehead atoms. The molecule has 0 unspecified atom stereocenters. The van der Waals surface area contributed by atoms with E-state index in [0.717, 1.165) is 5.56 Å². The Balaban J connectivity index is 2.74. The lowest BCUT2D eigenvalue weighted by molar-refractivity contribution is 0.0696. The second-order valence-corrected chi connectivity index (χ2v) is 3.38. The smallest absolute Gasteiger partial charge is 0.335 e. The molecule has 15 heavy (non-hydrogen) atoms. The summed E-state index contributed by atoms with van der Waals surface area (Å²) in [4.78, 5) is 12.7. The number of terminal acetylenes is 1. The molecule has 1 rings (SSSR count). The molecule has 0 radical (unpaired) electrons. The second kappa shape index (κ2) is 5.18. The molecule has 0 aliphatic carbocycles. The van der Waals surface area contributed by atoms with Crippen molar-refractivity contribution < 1.29 is 9.90 Å². The molecule has 3 heteroatoms. The third-order valence-electron chi connectivity index (χ3n) is 1.99. The molecular formula is C12H13NO2. The van der Waals surface area contributed by atoms with Gasteiger partial charge in [-0.1, -0.05) is 18.1 Å². The fraction of sp³-hybridized carbons (Fsp3) is 0.250. The van der Waals surface area contributed by atoms with Crippen molar-refractivity contribution in [3.63, 3.8) is 0 Å². The Morgan fingerprint density at radius 1 is 1.60 bits per heavy atom. The van der Waals surface area contributed by atoms with E-state index in [4.69, 9.17) is 11.5 Å². The van der Waals surface area contributed by atoms with Crippen molar-refractivity contribution in [2.24, 2.45) is 0 Å².